The number of nitrogens with zero attached hydrogens (tertiary/aromatic N) is 2. The second kappa shape index (κ2) is 7.70. The summed E-state index contributed by atoms with van der Waals surface area (Å²) in [4.78, 5) is 19.6. The fourth-order valence-electron chi connectivity index (χ4n) is 2.56. The first-order chi connectivity index (χ1) is 12.6. The predicted molar refractivity (Wildman–Crippen MR) is 102 cm³/mol. The topological polar surface area (TPSA) is 93.6 Å². The number of amides is 1. The summed E-state index contributed by atoms with van der Waals surface area (Å²) in [6, 6.07) is 15.1. The largest absolute Gasteiger partial charge is 0.352 e. The van der Waals surface area contributed by atoms with Crippen LogP contribution in [0.3, 0.4) is 0 Å². The zero-order chi connectivity index (χ0) is 18.5. The number of hydrogen-bond acceptors (Lipinski definition) is 4. The number of carbonyl (C=O) groups excluding carboxylic acids is 1. The third-order valence-corrected chi connectivity index (χ3v) is 3.98. The minimum Gasteiger partial charge on any atom is -0.352 e. The summed E-state index contributed by atoms with van der Waals surface area (Å²) >= 11 is 0. The molecule has 3 aromatic rings. The average Bonchev–Trinajstić information content (AvgIpc) is 3.08. The first kappa shape index (κ1) is 17.5. The van der Waals surface area contributed by atoms with Crippen molar-refractivity contribution >= 4 is 22.9 Å². The number of imidazole rings is 1. The van der Waals surface area contributed by atoms with Crippen LogP contribution in [0.15, 0.2) is 42.5 Å². The van der Waals surface area contributed by atoms with Crippen molar-refractivity contribution in [3.8, 4) is 6.07 Å². The van der Waals surface area contributed by atoms with Crippen molar-refractivity contribution < 1.29 is 4.79 Å². The standard InChI is InChI=1S/C20H21N5O/c1-13(2)11-22-19(26)15-8-6-14(7-9-15)12-23-20-24-17-5-3-4-16(10-21)18(17)25-20/h3-9,13H,11-12H2,1-2H3,(H,22,26)(H2,23,24,25). The number of nitrogens with one attached hydrogen (secondary N) is 3. The number of para-hydroxylation sites is 1. The molecule has 0 unspecified atom stereocenters. The molecule has 1 amide bonds. The SMILES string of the molecule is CC(C)CNC(=O)c1ccc(CNc2nc3c(C#N)cccc3[nH]2)cc1. The van der Waals surface area contributed by atoms with Gasteiger partial charge in [0.2, 0.25) is 5.95 Å². The number of aromatic nitrogens is 2. The van der Waals surface area contributed by atoms with Crippen LogP contribution in [0.5, 0.6) is 0 Å². The maximum atomic E-state index is 12.0. The lowest BCUT2D eigenvalue weighted by atomic mass is 10.1. The molecule has 0 radical (unpaired) electrons. The van der Waals surface area contributed by atoms with Crippen LogP contribution in [0.25, 0.3) is 11.0 Å². The molecule has 0 atom stereocenters. The number of rotatable bonds is 6. The Labute approximate surface area is 152 Å². The Hall–Kier alpha value is -3.33. The van der Waals surface area contributed by atoms with Gasteiger partial charge in [-0.1, -0.05) is 32.0 Å². The maximum Gasteiger partial charge on any atom is 0.251 e. The fraction of sp³-hybridized carbons (Fsp3) is 0.250. The molecule has 6 nitrogen and oxygen atoms in total. The summed E-state index contributed by atoms with van der Waals surface area (Å²) in [7, 11) is 0. The summed E-state index contributed by atoms with van der Waals surface area (Å²) in [6.45, 7) is 5.36. The molecule has 0 bridgehead atoms. The van der Waals surface area contributed by atoms with Gasteiger partial charge in [-0.3, -0.25) is 4.79 Å². The highest BCUT2D eigenvalue weighted by Gasteiger charge is 2.08. The molecule has 26 heavy (non-hydrogen) atoms. The number of carbonyl (C=O) groups is 1. The van der Waals surface area contributed by atoms with Crippen molar-refractivity contribution in [2.24, 2.45) is 5.92 Å². The Balaban J connectivity index is 1.63. The van der Waals surface area contributed by atoms with E-state index in [1.54, 1.807) is 6.07 Å². The summed E-state index contributed by atoms with van der Waals surface area (Å²) in [6.07, 6.45) is 0. The van der Waals surface area contributed by atoms with Gasteiger partial charge in [0, 0.05) is 18.7 Å². The van der Waals surface area contributed by atoms with Crippen LogP contribution in [-0.2, 0) is 6.54 Å². The second-order valence-electron chi connectivity index (χ2n) is 6.55. The van der Waals surface area contributed by atoms with Crippen LogP contribution >= 0.6 is 0 Å². The minimum absolute atomic E-state index is 0.0560. The zero-order valence-corrected chi connectivity index (χ0v) is 14.8. The van der Waals surface area contributed by atoms with E-state index in [9.17, 15) is 4.79 Å². The lowest BCUT2D eigenvalue weighted by Gasteiger charge is -2.08. The number of nitriles is 1. The monoisotopic (exact) mass is 347 g/mol. The van der Waals surface area contributed by atoms with Crippen molar-refractivity contribution in [2.75, 3.05) is 11.9 Å². The number of aromatic amines is 1. The molecule has 132 valence electrons. The number of anilines is 1. The van der Waals surface area contributed by atoms with E-state index in [1.807, 2.05) is 36.4 Å². The van der Waals surface area contributed by atoms with E-state index in [4.69, 9.17) is 5.26 Å². The first-order valence-electron chi connectivity index (χ1n) is 8.56. The molecule has 3 rings (SSSR count). The Kier molecular flexibility index (Phi) is 5.18. The molecule has 6 heteroatoms. The number of benzene rings is 2. The van der Waals surface area contributed by atoms with E-state index < -0.39 is 0 Å². The quantitative estimate of drug-likeness (QED) is 0.637. The molecule has 1 aromatic heterocycles. The molecule has 0 saturated heterocycles. The molecule has 0 spiro atoms. The molecule has 0 aliphatic heterocycles. The molecule has 3 N–H and O–H groups in total. The molecular formula is C20H21N5O. The number of H-pyrrole nitrogens is 1. The van der Waals surface area contributed by atoms with Crippen molar-refractivity contribution in [1.82, 2.24) is 15.3 Å². The van der Waals surface area contributed by atoms with Gasteiger partial charge in [0.25, 0.3) is 5.91 Å². The van der Waals surface area contributed by atoms with Crippen LogP contribution in [0, 0.1) is 17.2 Å². The third kappa shape index (κ3) is 4.01. The summed E-state index contributed by atoms with van der Waals surface area (Å²) in [5.41, 5.74) is 3.71. The van der Waals surface area contributed by atoms with Gasteiger partial charge >= 0.3 is 0 Å². The predicted octanol–water partition coefficient (Wildman–Crippen LogP) is 3.43. The Morgan fingerprint density at radius 1 is 1.23 bits per heavy atom. The molecule has 1 heterocycles. The van der Waals surface area contributed by atoms with Gasteiger partial charge in [-0.05, 0) is 35.7 Å². The van der Waals surface area contributed by atoms with E-state index >= 15 is 0 Å². The van der Waals surface area contributed by atoms with Crippen LogP contribution in [0.1, 0.15) is 35.3 Å². The third-order valence-electron chi connectivity index (χ3n) is 3.98. The van der Waals surface area contributed by atoms with Gasteiger partial charge in [-0.2, -0.15) is 5.26 Å². The van der Waals surface area contributed by atoms with E-state index in [-0.39, 0.29) is 5.91 Å². The molecule has 0 aliphatic rings. The van der Waals surface area contributed by atoms with Crippen LogP contribution in [-0.4, -0.2) is 22.4 Å². The lowest BCUT2D eigenvalue weighted by molar-refractivity contribution is 0.0949. The fourth-order valence-corrected chi connectivity index (χ4v) is 2.56. The Bertz CT molecular complexity index is 950. The van der Waals surface area contributed by atoms with E-state index in [2.05, 4.69) is 40.5 Å². The lowest BCUT2D eigenvalue weighted by Crippen LogP contribution is -2.27. The number of fused-ring (bicyclic) bond motifs is 1. The van der Waals surface area contributed by atoms with Crippen molar-refractivity contribution in [2.45, 2.75) is 20.4 Å². The van der Waals surface area contributed by atoms with Gasteiger partial charge in [-0.25, -0.2) is 4.98 Å². The Morgan fingerprint density at radius 3 is 2.69 bits per heavy atom. The van der Waals surface area contributed by atoms with Gasteiger partial charge in [0.15, 0.2) is 0 Å². The van der Waals surface area contributed by atoms with Crippen molar-refractivity contribution in [3.05, 3.63) is 59.2 Å². The molecule has 0 saturated carbocycles. The van der Waals surface area contributed by atoms with Gasteiger partial charge in [0.1, 0.15) is 11.6 Å². The smallest absolute Gasteiger partial charge is 0.251 e. The Morgan fingerprint density at radius 2 is 2.00 bits per heavy atom. The van der Waals surface area contributed by atoms with Crippen LogP contribution in [0.2, 0.25) is 0 Å². The maximum absolute atomic E-state index is 12.0. The first-order valence-corrected chi connectivity index (χ1v) is 8.56. The summed E-state index contributed by atoms with van der Waals surface area (Å²) < 4.78 is 0. The van der Waals surface area contributed by atoms with Crippen molar-refractivity contribution in [3.63, 3.8) is 0 Å². The molecular weight excluding hydrogens is 326 g/mol. The highest BCUT2D eigenvalue weighted by atomic mass is 16.1. The van der Waals surface area contributed by atoms with Gasteiger partial charge in [-0.15, -0.1) is 0 Å². The molecule has 0 aliphatic carbocycles. The highest BCUT2D eigenvalue weighted by molar-refractivity contribution is 5.94. The highest BCUT2D eigenvalue weighted by Crippen LogP contribution is 2.18. The molecule has 2 aromatic carbocycles. The summed E-state index contributed by atoms with van der Waals surface area (Å²) in [5, 5.41) is 15.3. The van der Waals surface area contributed by atoms with Crippen LogP contribution < -0.4 is 10.6 Å². The molecule has 0 fully saturated rings. The minimum atomic E-state index is -0.0560. The van der Waals surface area contributed by atoms with Gasteiger partial charge in [0.05, 0.1) is 11.1 Å². The normalized spacial score (nSPS) is 10.7. The summed E-state index contributed by atoms with van der Waals surface area (Å²) in [5.74, 6) is 0.980. The van der Waals surface area contributed by atoms with Gasteiger partial charge < -0.3 is 15.6 Å². The van der Waals surface area contributed by atoms with E-state index in [0.29, 0.717) is 41.6 Å². The second-order valence-corrected chi connectivity index (χ2v) is 6.55. The van der Waals surface area contributed by atoms with Crippen molar-refractivity contribution in [1.29, 1.82) is 5.26 Å². The van der Waals surface area contributed by atoms with E-state index in [1.165, 1.54) is 0 Å². The number of hydrogen-bond donors (Lipinski definition) is 3. The van der Waals surface area contributed by atoms with E-state index in [0.717, 1.165) is 11.1 Å². The zero-order valence-electron chi connectivity index (χ0n) is 14.8. The average molecular weight is 347 g/mol. The van der Waals surface area contributed by atoms with Crippen LogP contribution in [0.4, 0.5) is 5.95 Å².